The molecule has 176 valence electrons. The first-order valence-electron chi connectivity index (χ1n) is 10.8. The van der Waals surface area contributed by atoms with E-state index >= 15 is 0 Å². The molecule has 4 N–H and O–H groups in total. The molecule has 0 aliphatic carbocycles. The first kappa shape index (κ1) is 24.3. The van der Waals surface area contributed by atoms with Crippen LogP contribution in [0.25, 0.3) is 0 Å². The third kappa shape index (κ3) is 6.59. The lowest BCUT2D eigenvalue weighted by atomic mass is 10.1. The fourth-order valence-electron chi connectivity index (χ4n) is 3.28. The van der Waals surface area contributed by atoms with Gasteiger partial charge in [-0.15, -0.1) is 0 Å². The van der Waals surface area contributed by atoms with Crippen molar-refractivity contribution in [1.82, 2.24) is 5.32 Å². The number of hydrogen-bond donors (Lipinski definition) is 4. The zero-order valence-electron chi connectivity index (χ0n) is 19.4. The molecule has 0 atom stereocenters. The summed E-state index contributed by atoms with van der Waals surface area (Å²) in [5.74, 6) is -0.375. The Morgan fingerprint density at radius 2 is 1.50 bits per heavy atom. The van der Waals surface area contributed by atoms with E-state index in [4.69, 9.17) is 4.74 Å². The molecule has 0 spiro atoms. The van der Waals surface area contributed by atoms with E-state index in [0.717, 1.165) is 11.1 Å². The highest BCUT2D eigenvalue weighted by molar-refractivity contribution is 6.05. The second kappa shape index (κ2) is 11.5. The lowest BCUT2D eigenvalue weighted by Gasteiger charge is -2.14. The van der Waals surface area contributed by atoms with Crippen LogP contribution in [0.5, 0.6) is 5.75 Å². The van der Waals surface area contributed by atoms with E-state index < -0.39 is 0 Å². The predicted octanol–water partition coefficient (Wildman–Crippen LogP) is 3.73. The van der Waals surface area contributed by atoms with Gasteiger partial charge in [0.1, 0.15) is 5.75 Å². The summed E-state index contributed by atoms with van der Waals surface area (Å²) < 4.78 is 5.25. The van der Waals surface area contributed by atoms with Crippen LogP contribution < -0.4 is 26.0 Å². The van der Waals surface area contributed by atoms with Crippen molar-refractivity contribution in [3.8, 4) is 5.75 Å². The van der Waals surface area contributed by atoms with Crippen molar-refractivity contribution in [3.05, 3.63) is 83.4 Å². The van der Waals surface area contributed by atoms with Gasteiger partial charge in [-0.1, -0.05) is 30.3 Å². The summed E-state index contributed by atoms with van der Waals surface area (Å²) in [7, 11) is 1.53. The number of ether oxygens (including phenoxy) is 1. The van der Waals surface area contributed by atoms with Crippen molar-refractivity contribution in [1.29, 1.82) is 0 Å². The quantitative estimate of drug-likeness (QED) is 0.389. The molecule has 8 nitrogen and oxygen atoms in total. The molecular weight excluding hydrogens is 432 g/mol. The van der Waals surface area contributed by atoms with Crippen LogP contribution in [0.15, 0.2) is 66.7 Å². The molecule has 0 unspecified atom stereocenters. The summed E-state index contributed by atoms with van der Waals surface area (Å²) in [5, 5.41) is 11.3. The summed E-state index contributed by atoms with van der Waals surface area (Å²) in [5.41, 5.74) is 4.22. The van der Waals surface area contributed by atoms with Gasteiger partial charge in [0, 0.05) is 16.9 Å². The maximum absolute atomic E-state index is 12.4. The van der Waals surface area contributed by atoms with E-state index in [1.807, 2.05) is 32.0 Å². The molecule has 3 aromatic carbocycles. The van der Waals surface area contributed by atoms with Gasteiger partial charge in [0.05, 0.1) is 25.9 Å². The first-order valence-corrected chi connectivity index (χ1v) is 10.8. The van der Waals surface area contributed by atoms with Crippen LogP contribution in [0, 0.1) is 13.8 Å². The molecule has 0 bridgehead atoms. The fourth-order valence-corrected chi connectivity index (χ4v) is 3.28. The van der Waals surface area contributed by atoms with Gasteiger partial charge in [0.15, 0.2) is 0 Å². The summed E-state index contributed by atoms with van der Waals surface area (Å²) >= 11 is 0. The first-order chi connectivity index (χ1) is 16.4. The monoisotopic (exact) mass is 460 g/mol. The van der Waals surface area contributed by atoms with Gasteiger partial charge >= 0.3 is 0 Å². The molecular formula is C26H28N4O4. The highest BCUT2D eigenvalue weighted by atomic mass is 16.5. The van der Waals surface area contributed by atoms with Crippen molar-refractivity contribution in [2.24, 2.45) is 0 Å². The highest BCUT2D eigenvalue weighted by Gasteiger charge is 2.12. The Bertz CT molecular complexity index is 1180. The zero-order chi connectivity index (χ0) is 24.5. The Labute approximate surface area is 198 Å². The Morgan fingerprint density at radius 1 is 0.765 bits per heavy atom. The van der Waals surface area contributed by atoms with Crippen LogP contribution in [0.1, 0.15) is 21.5 Å². The third-order valence-electron chi connectivity index (χ3n) is 5.13. The minimum Gasteiger partial charge on any atom is -0.495 e. The highest BCUT2D eigenvalue weighted by Crippen LogP contribution is 2.25. The van der Waals surface area contributed by atoms with Gasteiger partial charge in [-0.2, -0.15) is 0 Å². The molecule has 0 saturated carbocycles. The molecule has 0 saturated heterocycles. The van der Waals surface area contributed by atoms with Gasteiger partial charge in [-0.25, -0.2) is 0 Å². The summed E-state index contributed by atoms with van der Waals surface area (Å²) in [6.45, 7) is 3.55. The number of nitrogens with one attached hydrogen (secondary N) is 4. The number of rotatable bonds is 9. The fraction of sp³-hybridized carbons (Fsp3) is 0.192. The molecule has 0 aromatic heterocycles. The second-order valence-electron chi connectivity index (χ2n) is 7.68. The molecule has 0 fully saturated rings. The lowest BCUT2D eigenvalue weighted by Crippen LogP contribution is -2.36. The van der Waals surface area contributed by atoms with Crippen LogP contribution >= 0.6 is 0 Å². The standard InChI is InChI=1S/C26H28N4O4/c1-17-12-13-23(34-3)22(14-17)29-25(32)16-28-24(31)15-27-20-10-7-11-21(18(20)2)30-26(33)19-8-5-4-6-9-19/h4-14,27H,15-16H2,1-3H3,(H,28,31)(H,29,32)(H,30,33). The van der Waals surface area contributed by atoms with E-state index in [1.165, 1.54) is 7.11 Å². The van der Waals surface area contributed by atoms with Gasteiger partial charge in [0.2, 0.25) is 11.8 Å². The van der Waals surface area contributed by atoms with Gasteiger partial charge in [-0.05, 0) is 61.4 Å². The molecule has 0 aliphatic heterocycles. The van der Waals surface area contributed by atoms with Crippen molar-refractivity contribution < 1.29 is 19.1 Å². The lowest BCUT2D eigenvalue weighted by molar-refractivity contribution is -0.122. The third-order valence-corrected chi connectivity index (χ3v) is 5.13. The van der Waals surface area contributed by atoms with Crippen LogP contribution in [0.3, 0.4) is 0 Å². The summed E-state index contributed by atoms with van der Waals surface area (Å²) in [6.07, 6.45) is 0. The predicted molar refractivity (Wildman–Crippen MR) is 133 cm³/mol. The van der Waals surface area contributed by atoms with E-state index in [9.17, 15) is 14.4 Å². The zero-order valence-corrected chi connectivity index (χ0v) is 19.4. The molecule has 3 aromatic rings. The Balaban J connectivity index is 1.51. The van der Waals surface area contributed by atoms with Crippen molar-refractivity contribution in [3.63, 3.8) is 0 Å². The minimum atomic E-state index is -0.362. The largest absolute Gasteiger partial charge is 0.495 e. The number of anilines is 3. The van der Waals surface area contributed by atoms with Crippen molar-refractivity contribution >= 4 is 34.8 Å². The van der Waals surface area contributed by atoms with Crippen molar-refractivity contribution in [2.45, 2.75) is 13.8 Å². The average Bonchev–Trinajstić information content (AvgIpc) is 2.84. The smallest absolute Gasteiger partial charge is 0.255 e. The topological polar surface area (TPSA) is 109 Å². The average molecular weight is 461 g/mol. The molecule has 0 aliphatic rings. The van der Waals surface area contributed by atoms with E-state index in [1.54, 1.807) is 48.5 Å². The van der Waals surface area contributed by atoms with Crippen molar-refractivity contribution in [2.75, 3.05) is 36.1 Å². The maximum atomic E-state index is 12.4. The molecule has 34 heavy (non-hydrogen) atoms. The number of carbonyl (C=O) groups is 3. The Kier molecular flexibility index (Phi) is 8.23. The van der Waals surface area contributed by atoms with Crippen LogP contribution in [0.4, 0.5) is 17.1 Å². The van der Waals surface area contributed by atoms with Crippen LogP contribution in [0.2, 0.25) is 0 Å². The summed E-state index contributed by atoms with van der Waals surface area (Å²) in [6, 6.07) is 19.8. The van der Waals surface area contributed by atoms with Gasteiger partial charge in [-0.3, -0.25) is 14.4 Å². The second-order valence-corrected chi connectivity index (χ2v) is 7.68. The number of aryl methyl sites for hydroxylation is 1. The van der Waals surface area contributed by atoms with Crippen LogP contribution in [-0.4, -0.2) is 37.9 Å². The SMILES string of the molecule is COc1ccc(C)cc1NC(=O)CNC(=O)CNc1cccc(NC(=O)c2ccccc2)c1C. The Morgan fingerprint density at radius 3 is 2.24 bits per heavy atom. The van der Waals surface area contributed by atoms with Gasteiger partial charge in [0.25, 0.3) is 5.91 Å². The molecule has 3 rings (SSSR count). The molecule has 0 heterocycles. The number of methoxy groups -OCH3 is 1. The Hall–Kier alpha value is -4.33. The molecule has 3 amide bonds. The summed E-state index contributed by atoms with van der Waals surface area (Å²) in [4.78, 5) is 36.9. The van der Waals surface area contributed by atoms with Crippen LogP contribution in [-0.2, 0) is 9.59 Å². The maximum Gasteiger partial charge on any atom is 0.255 e. The number of carbonyl (C=O) groups excluding carboxylic acids is 3. The van der Waals surface area contributed by atoms with Gasteiger partial charge < -0.3 is 26.0 Å². The normalized spacial score (nSPS) is 10.2. The number of amides is 3. The number of benzene rings is 3. The molecule has 0 radical (unpaired) electrons. The van der Waals surface area contributed by atoms with E-state index in [-0.39, 0.29) is 30.8 Å². The van der Waals surface area contributed by atoms with E-state index in [0.29, 0.717) is 28.4 Å². The molecule has 8 heteroatoms. The number of hydrogen-bond acceptors (Lipinski definition) is 5. The minimum absolute atomic E-state index is 0.0298. The van der Waals surface area contributed by atoms with E-state index in [2.05, 4.69) is 21.3 Å².